The van der Waals surface area contributed by atoms with Crippen molar-refractivity contribution in [1.82, 2.24) is 9.80 Å². The van der Waals surface area contributed by atoms with Gasteiger partial charge in [-0.05, 0) is 62.5 Å². The minimum atomic E-state index is 0.0136. The molecule has 0 aromatic heterocycles. The minimum absolute atomic E-state index is 0.0136. The van der Waals surface area contributed by atoms with Crippen LogP contribution in [-0.4, -0.2) is 62.1 Å². The van der Waals surface area contributed by atoms with Crippen LogP contribution >= 0.6 is 0 Å². The van der Waals surface area contributed by atoms with E-state index in [2.05, 4.69) is 22.2 Å². The molecule has 0 radical (unpaired) electrons. The van der Waals surface area contributed by atoms with E-state index in [0.29, 0.717) is 13.2 Å². The molecule has 1 heterocycles. The predicted molar refractivity (Wildman–Crippen MR) is 107 cm³/mol. The molecule has 1 saturated heterocycles. The van der Waals surface area contributed by atoms with E-state index in [9.17, 15) is 4.79 Å². The van der Waals surface area contributed by atoms with Crippen molar-refractivity contribution >= 4 is 11.6 Å². The molecular formula is C21H27N3O3. The van der Waals surface area contributed by atoms with Gasteiger partial charge in [0, 0.05) is 31.9 Å². The number of hydrogen-bond donors (Lipinski definition) is 1. The summed E-state index contributed by atoms with van der Waals surface area (Å²) in [7, 11) is 2.11. The van der Waals surface area contributed by atoms with Crippen LogP contribution in [0.15, 0.2) is 48.5 Å². The topological polar surface area (TPSA) is 54.0 Å². The van der Waals surface area contributed by atoms with E-state index in [1.807, 2.05) is 55.5 Å². The lowest BCUT2D eigenvalue weighted by Gasteiger charge is -2.31. The Morgan fingerprint density at radius 3 is 2.07 bits per heavy atom. The van der Waals surface area contributed by atoms with Gasteiger partial charge in [-0.15, -0.1) is 0 Å². The second-order valence-corrected chi connectivity index (χ2v) is 6.66. The zero-order valence-electron chi connectivity index (χ0n) is 16.0. The van der Waals surface area contributed by atoms with Crippen LogP contribution in [0.4, 0.5) is 5.69 Å². The summed E-state index contributed by atoms with van der Waals surface area (Å²) in [5, 5.41) is 2.95. The van der Waals surface area contributed by atoms with Crippen molar-refractivity contribution in [3.8, 4) is 17.2 Å². The standard InChI is InChI=1S/C21H27N3O3/c1-3-26-18-8-10-20(11-9-18)27-19-6-4-17(5-7-19)22-21(25)16-24-14-12-23(2)13-15-24/h4-11H,3,12-16H2,1-2H3,(H,22,25). The second-order valence-electron chi connectivity index (χ2n) is 6.66. The van der Waals surface area contributed by atoms with Gasteiger partial charge in [0.1, 0.15) is 17.2 Å². The highest BCUT2D eigenvalue weighted by Gasteiger charge is 2.16. The van der Waals surface area contributed by atoms with Gasteiger partial charge in [0.15, 0.2) is 0 Å². The summed E-state index contributed by atoms with van der Waals surface area (Å²) < 4.78 is 11.2. The second kappa shape index (κ2) is 9.39. The summed E-state index contributed by atoms with van der Waals surface area (Å²) >= 11 is 0. The van der Waals surface area contributed by atoms with Crippen LogP contribution in [0, 0.1) is 0 Å². The minimum Gasteiger partial charge on any atom is -0.494 e. The Balaban J connectivity index is 1.48. The molecule has 6 heteroatoms. The van der Waals surface area contributed by atoms with Crippen LogP contribution in [0.3, 0.4) is 0 Å². The number of hydrogen-bond acceptors (Lipinski definition) is 5. The van der Waals surface area contributed by atoms with E-state index in [1.54, 1.807) is 0 Å². The summed E-state index contributed by atoms with van der Waals surface area (Å²) in [6, 6.07) is 14.9. The molecule has 1 amide bonds. The van der Waals surface area contributed by atoms with Crippen LogP contribution in [-0.2, 0) is 4.79 Å². The van der Waals surface area contributed by atoms with E-state index in [-0.39, 0.29) is 5.91 Å². The summed E-state index contributed by atoms with van der Waals surface area (Å²) in [4.78, 5) is 16.7. The third kappa shape index (κ3) is 5.98. The lowest BCUT2D eigenvalue weighted by Crippen LogP contribution is -2.47. The van der Waals surface area contributed by atoms with Gasteiger partial charge >= 0.3 is 0 Å². The Morgan fingerprint density at radius 1 is 0.926 bits per heavy atom. The molecule has 0 unspecified atom stereocenters. The van der Waals surface area contributed by atoms with E-state index in [4.69, 9.17) is 9.47 Å². The van der Waals surface area contributed by atoms with Crippen molar-refractivity contribution in [2.24, 2.45) is 0 Å². The van der Waals surface area contributed by atoms with E-state index < -0.39 is 0 Å². The molecule has 27 heavy (non-hydrogen) atoms. The molecule has 0 atom stereocenters. The first-order valence-electron chi connectivity index (χ1n) is 9.34. The smallest absolute Gasteiger partial charge is 0.238 e. The maximum Gasteiger partial charge on any atom is 0.238 e. The number of nitrogens with zero attached hydrogens (tertiary/aromatic N) is 2. The van der Waals surface area contributed by atoms with Crippen molar-refractivity contribution in [3.63, 3.8) is 0 Å². The average molecular weight is 369 g/mol. The Bertz CT molecular complexity index is 723. The molecule has 2 aromatic rings. The zero-order chi connectivity index (χ0) is 19.1. The Hall–Kier alpha value is -2.57. The van der Waals surface area contributed by atoms with Gasteiger partial charge in [0.2, 0.25) is 5.91 Å². The number of likely N-dealkylation sites (N-methyl/N-ethyl adjacent to an activating group) is 1. The number of nitrogens with one attached hydrogen (secondary N) is 1. The summed E-state index contributed by atoms with van der Waals surface area (Å²) in [5.41, 5.74) is 0.771. The summed E-state index contributed by atoms with van der Waals surface area (Å²) in [6.45, 7) is 6.89. The number of amides is 1. The SMILES string of the molecule is CCOc1ccc(Oc2ccc(NC(=O)CN3CCN(C)CC3)cc2)cc1. The number of rotatable bonds is 7. The van der Waals surface area contributed by atoms with Gasteiger partial charge < -0.3 is 19.7 Å². The maximum absolute atomic E-state index is 12.2. The Labute approximate surface area is 160 Å². The lowest BCUT2D eigenvalue weighted by molar-refractivity contribution is -0.117. The number of benzene rings is 2. The highest BCUT2D eigenvalue weighted by atomic mass is 16.5. The van der Waals surface area contributed by atoms with E-state index in [1.165, 1.54) is 0 Å². The molecular weight excluding hydrogens is 342 g/mol. The molecule has 144 valence electrons. The molecule has 6 nitrogen and oxygen atoms in total. The number of anilines is 1. The van der Waals surface area contributed by atoms with Crippen molar-refractivity contribution in [3.05, 3.63) is 48.5 Å². The molecule has 0 bridgehead atoms. The molecule has 1 aliphatic heterocycles. The van der Waals surface area contributed by atoms with Crippen LogP contribution < -0.4 is 14.8 Å². The van der Waals surface area contributed by atoms with Gasteiger partial charge in [-0.2, -0.15) is 0 Å². The largest absolute Gasteiger partial charge is 0.494 e. The first-order chi connectivity index (χ1) is 13.1. The molecule has 1 N–H and O–H groups in total. The van der Waals surface area contributed by atoms with Crippen LogP contribution in [0.25, 0.3) is 0 Å². The fraction of sp³-hybridized carbons (Fsp3) is 0.381. The quantitative estimate of drug-likeness (QED) is 0.813. The van der Waals surface area contributed by atoms with Crippen LogP contribution in [0.1, 0.15) is 6.92 Å². The number of piperazine rings is 1. The molecule has 0 aliphatic carbocycles. The Kier molecular flexibility index (Phi) is 6.68. The lowest BCUT2D eigenvalue weighted by atomic mass is 10.3. The molecule has 0 saturated carbocycles. The van der Waals surface area contributed by atoms with Gasteiger partial charge in [0.25, 0.3) is 0 Å². The highest BCUT2D eigenvalue weighted by Crippen LogP contribution is 2.25. The van der Waals surface area contributed by atoms with Gasteiger partial charge in [-0.1, -0.05) is 0 Å². The first-order valence-corrected chi connectivity index (χ1v) is 9.34. The van der Waals surface area contributed by atoms with Crippen molar-refractivity contribution in [2.45, 2.75) is 6.92 Å². The van der Waals surface area contributed by atoms with Crippen molar-refractivity contribution in [1.29, 1.82) is 0 Å². The molecule has 1 fully saturated rings. The number of carbonyl (C=O) groups is 1. The first kappa shape index (κ1) is 19.2. The van der Waals surface area contributed by atoms with E-state index >= 15 is 0 Å². The zero-order valence-corrected chi connectivity index (χ0v) is 16.0. The predicted octanol–water partition coefficient (Wildman–Crippen LogP) is 3.06. The highest BCUT2D eigenvalue weighted by molar-refractivity contribution is 5.92. The molecule has 0 spiro atoms. The number of carbonyl (C=O) groups excluding carboxylic acids is 1. The van der Waals surface area contributed by atoms with Crippen molar-refractivity contribution in [2.75, 3.05) is 51.7 Å². The van der Waals surface area contributed by atoms with Gasteiger partial charge in [-0.25, -0.2) is 0 Å². The van der Waals surface area contributed by atoms with Gasteiger partial charge in [0.05, 0.1) is 13.2 Å². The molecule has 1 aliphatic rings. The third-order valence-corrected chi connectivity index (χ3v) is 4.47. The normalized spacial score (nSPS) is 15.3. The van der Waals surface area contributed by atoms with Crippen LogP contribution in [0.2, 0.25) is 0 Å². The van der Waals surface area contributed by atoms with Crippen molar-refractivity contribution < 1.29 is 14.3 Å². The summed E-state index contributed by atoms with van der Waals surface area (Å²) in [5.74, 6) is 2.30. The van der Waals surface area contributed by atoms with Crippen LogP contribution in [0.5, 0.6) is 17.2 Å². The monoisotopic (exact) mass is 369 g/mol. The maximum atomic E-state index is 12.2. The molecule has 3 rings (SSSR count). The fourth-order valence-corrected chi connectivity index (χ4v) is 2.92. The fourth-order valence-electron chi connectivity index (χ4n) is 2.92. The molecule has 2 aromatic carbocycles. The third-order valence-electron chi connectivity index (χ3n) is 4.47. The Morgan fingerprint density at radius 2 is 1.48 bits per heavy atom. The van der Waals surface area contributed by atoms with Gasteiger partial charge in [-0.3, -0.25) is 9.69 Å². The summed E-state index contributed by atoms with van der Waals surface area (Å²) in [6.07, 6.45) is 0. The number of ether oxygens (including phenoxy) is 2. The van der Waals surface area contributed by atoms with E-state index in [0.717, 1.165) is 49.1 Å². The average Bonchev–Trinajstić information content (AvgIpc) is 2.67.